The Kier molecular flexibility index (Phi) is 5.30. The summed E-state index contributed by atoms with van der Waals surface area (Å²) in [5.41, 5.74) is 0. The van der Waals surface area contributed by atoms with Gasteiger partial charge in [0.2, 0.25) is 0 Å². The van der Waals surface area contributed by atoms with Gasteiger partial charge in [-0.05, 0) is 77.1 Å². The molecule has 0 aromatic heterocycles. The monoisotopic (exact) mass is 292 g/mol. The minimum Gasteiger partial charge on any atom is -0.507 e. The van der Waals surface area contributed by atoms with Gasteiger partial charge in [0.15, 0.2) is 0 Å². The maximum Gasteiger partial charge on any atom is 0.131 e. The molecule has 1 aromatic rings. The zero-order valence-corrected chi connectivity index (χ0v) is 10.7. The molecule has 1 aromatic carbocycles. The first kappa shape index (κ1) is 12.0. The predicted molar refractivity (Wildman–Crippen MR) is 63.2 cm³/mol. The second-order valence-corrected chi connectivity index (χ2v) is 5.17. The highest BCUT2D eigenvalue weighted by Crippen LogP contribution is 2.42. The largest absolute Gasteiger partial charge is 0.507 e. The van der Waals surface area contributed by atoms with E-state index < -0.39 is 0 Å². The van der Waals surface area contributed by atoms with Crippen molar-refractivity contribution in [3.63, 3.8) is 0 Å². The Labute approximate surface area is 102 Å². The normalized spacial score (nSPS) is 10.4. The summed E-state index contributed by atoms with van der Waals surface area (Å²) in [5.74, 6) is 0.109. The van der Waals surface area contributed by atoms with Crippen molar-refractivity contribution in [1.82, 2.24) is 0 Å². The maximum absolute atomic E-state index is 9.41. The van der Waals surface area contributed by atoms with Gasteiger partial charge in [-0.2, -0.15) is 0 Å². The lowest BCUT2D eigenvalue weighted by atomic mass is 10.3. The van der Waals surface area contributed by atoms with Crippen molar-refractivity contribution in [3.8, 4) is 5.75 Å². The van der Waals surface area contributed by atoms with E-state index in [1.54, 1.807) is 6.07 Å². The van der Waals surface area contributed by atoms with Gasteiger partial charge >= 0.3 is 0 Å². The molecule has 1 nitrogen and oxygen atoms in total. The number of phenols is 1. The fraction of sp³-hybridized carbons (Fsp3) is 0. The van der Waals surface area contributed by atoms with Crippen LogP contribution in [0.5, 0.6) is 5.75 Å². The van der Waals surface area contributed by atoms with Gasteiger partial charge < -0.3 is 5.11 Å². The molecule has 0 amide bonds. The van der Waals surface area contributed by atoms with E-state index in [9.17, 15) is 5.11 Å². The van der Waals surface area contributed by atoms with Crippen molar-refractivity contribution >= 4 is 65.0 Å². The number of hydrogen-bond acceptors (Lipinski definition) is 4. The van der Waals surface area contributed by atoms with Crippen LogP contribution in [0.25, 0.3) is 0 Å². The Balaban J connectivity index is 3.18. The first-order valence-electron chi connectivity index (χ1n) is 2.95. The number of phenolic OH excluding ortho intramolecular Hbond substituents is 1. The molecule has 0 aliphatic carbocycles. The summed E-state index contributed by atoms with van der Waals surface area (Å²) >= 11 is 0. The van der Waals surface area contributed by atoms with Gasteiger partial charge in [-0.15, -0.1) is 0 Å². The van der Waals surface area contributed by atoms with Gasteiger partial charge in [0.25, 0.3) is 0 Å². The van der Waals surface area contributed by atoms with Gasteiger partial charge in [0.05, 0.1) is 4.90 Å². The molecule has 0 fully saturated rings. The van der Waals surface area contributed by atoms with Crippen molar-refractivity contribution in [2.75, 3.05) is 0 Å². The van der Waals surface area contributed by atoms with Crippen molar-refractivity contribution in [2.45, 2.75) is 14.7 Å². The lowest BCUT2D eigenvalue weighted by Crippen LogP contribution is -1.77. The molecule has 0 aliphatic heterocycles. The van der Waals surface area contributed by atoms with E-state index in [2.05, 4.69) is 0 Å². The van der Waals surface area contributed by atoms with Crippen molar-refractivity contribution in [1.29, 1.82) is 0 Å². The van der Waals surface area contributed by atoms with Gasteiger partial charge in [-0.1, -0.05) is 0 Å². The minimum absolute atomic E-state index is 0.109. The predicted octanol–water partition coefficient (Wildman–Crippen LogP) is 5.13. The standard InChI is InChI=1S/C6H3Cl3OS3/c7-11-4-2-6(13-9)5(12-8)1-3(4)10/h1-2,10H. The summed E-state index contributed by atoms with van der Waals surface area (Å²) in [6.07, 6.45) is 0. The smallest absolute Gasteiger partial charge is 0.131 e. The van der Waals surface area contributed by atoms with Crippen LogP contribution in [0, 0.1) is 0 Å². The summed E-state index contributed by atoms with van der Waals surface area (Å²) < 4.78 is 0. The highest BCUT2D eigenvalue weighted by molar-refractivity contribution is 8.23. The molecular formula is C6H3Cl3OS3. The van der Waals surface area contributed by atoms with Crippen LogP contribution in [0.2, 0.25) is 0 Å². The van der Waals surface area contributed by atoms with Crippen molar-refractivity contribution in [2.24, 2.45) is 0 Å². The summed E-state index contributed by atoms with van der Waals surface area (Å²) in [7, 11) is 19.7. The van der Waals surface area contributed by atoms with Crippen molar-refractivity contribution in [3.05, 3.63) is 12.1 Å². The van der Waals surface area contributed by atoms with E-state index in [0.29, 0.717) is 9.79 Å². The molecule has 0 unspecified atom stereocenters. The number of rotatable bonds is 3. The average Bonchev–Trinajstić information content (AvgIpc) is 2.17. The number of hydrogen-bond donors (Lipinski definition) is 1. The Morgan fingerprint density at radius 1 is 0.846 bits per heavy atom. The number of aromatic hydroxyl groups is 1. The zero-order chi connectivity index (χ0) is 9.84. The molecule has 0 spiro atoms. The summed E-state index contributed by atoms with van der Waals surface area (Å²) in [6, 6.07) is 3.22. The number of halogens is 3. The molecule has 0 atom stereocenters. The van der Waals surface area contributed by atoms with Crippen LogP contribution < -0.4 is 0 Å². The molecule has 13 heavy (non-hydrogen) atoms. The van der Waals surface area contributed by atoms with E-state index in [0.717, 1.165) is 37.8 Å². The second kappa shape index (κ2) is 5.73. The third-order valence-electron chi connectivity index (χ3n) is 1.27. The molecule has 0 aliphatic rings. The summed E-state index contributed by atoms with van der Waals surface area (Å²) in [5, 5.41) is 9.41. The van der Waals surface area contributed by atoms with Gasteiger partial charge in [0, 0.05) is 9.79 Å². The van der Waals surface area contributed by atoms with E-state index in [1.807, 2.05) is 0 Å². The minimum atomic E-state index is 0.109. The van der Waals surface area contributed by atoms with Crippen LogP contribution >= 0.6 is 65.0 Å². The first-order chi connectivity index (χ1) is 6.22. The Morgan fingerprint density at radius 2 is 1.31 bits per heavy atom. The molecule has 0 saturated carbocycles. The lowest BCUT2D eigenvalue weighted by Gasteiger charge is -2.05. The molecule has 72 valence electrons. The highest BCUT2D eigenvalue weighted by atomic mass is 35.7. The molecule has 0 radical (unpaired) electrons. The molecule has 0 bridgehead atoms. The van der Waals surface area contributed by atoms with Gasteiger partial charge in [0.1, 0.15) is 5.75 Å². The second-order valence-electron chi connectivity index (χ2n) is 2.00. The summed E-state index contributed by atoms with van der Waals surface area (Å²) in [6.45, 7) is 0. The third kappa shape index (κ3) is 2.94. The van der Waals surface area contributed by atoms with Crippen LogP contribution in [0.1, 0.15) is 0 Å². The van der Waals surface area contributed by atoms with E-state index in [1.165, 1.54) is 6.07 Å². The molecular weight excluding hydrogens is 291 g/mol. The van der Waals surface area contributed by atoms with Crippen LogP contribution in [-0.2, 0) is 0 Å². The zero-order valence-electron chi connectivity index (χ0n) is 5.96. The van der Waals surface area contributed by atoms with Crippen LogP contribution in [0.4, 0.5) is 0 Å². The topological polar surface area (TPSA) is 20.2 Å². The molecule has 0 heterocycles. The average molecular weight is 294 g/mol. The fourth-order valence-electron chi connectivity index (χ4n) is 0.713. The first-order valence-corrected chi connectivity index (χ1v) is 7.88. The molecule has 7 heteroatoms. The SMILES string of the molecule is Oc1cc(SCl)c(SCl)cc1SCl. The summed E-state index contributed by atoms with van der Waals surface area (Å²) in [4.78, 5) is 2.07. The maximum atomic E-state index is 9.41. The number of benzene rings is 1. The van der Waals surface area contributed by atoms with Crippen LogP contribution in [0.15, 0.2) is 26.8 Å². The van der Waals surface area contributed by atoms with E-state index in [-0.39, 0.29) is 5.75 Å². The lowest BCUT2D eigenvalue weighted by molar-refractivity contribution is 0.460. The third-order valence-corrected chi connectivity index (χ3v) is 4.40. The van der Waals surface area contributed by atoms with Crippen LogP contribution in [0.3, 0.4) is 0 Å². The Bertz CT molecular complexity index is 307. The van der Waals surface area contributed by atoms with Gasteiger partial charge in [-0.3, -0.25) is 0 Å². The van der Waals surface area contributed by atoms with Crippen molar-refractivity contribution < 1.29 is 5.11 Å². The Morgan fingerprint density at radius 3 is 1.77 bits per heavy atom. The van der Waals surface area contributed by atoms with Gasteiger partial charge in [-0.25, -0.2) is 0 Å². The fourth-order valence-corrected chi connectivity index (χ4v) is 3.34. The molecule has 0 saturated heterocycles. The van der Waals surface area contributed by atoms with Crippen LogP contribution in [-0.4, -0.2) is 5.11 Å². The highest BCUT2D eigenvalue weighted by Gasteiger charge is 2.09. The molecule has 1 rings (SSSR count). The van der Waals surface area contributed by atoms with E-state index >= 15 is 0 Å². The van der Waals surface area contributed by atoms with E-state index in [4.69, 9.17) is 32.0 Å². The quantitative estimate of drug-likeness (QED) is 0.833. The Hall–Kier alpha value is 0.940. The molecule has 1 N–H and O–H groups in total.